The van der Waals surface area contributed by atoms with E-state index in [9.17, 15) is 14.4 Å². The number of benzene rings is 2. The number of hydrogen-bond acceptors (Lipinski definition) is 9. The summed E-state index contributed by atoms with van der Waals surface area (Å²) in [6.45, 7) is 7.93. The van der Waals surface area contributed by atoms with Crippen molar-refractivity contribution in [2.24, 2.45) is 5.41 Å². The molecule has 0 bridgehead atoms. The van der Waals surface area contributed by atoms with Crippen LogP contribution in [0.25, 0.3) is 21.8 Å². The lowest BCUT2D eigenvalue weighted by Crippen LogP contribution is -2.58. The van der Waals surface area contributed by atoms with Crippen molar-refractivity contribution < 1.29 is 19.1 Å². The van der Waals surface area contributed by atoms with Gasteiger partial charge in [-0.25, -0.2) is 9.97 Å². The third-order valence-corrected chi connectivity index (χ3v) is 8.43. The fraction of sp³-hybridized carbons (Fsp3) is 0.412. The van der Waals surface area contributed by atoms with Gasteiger partial charge in [0, 0.05) is 47.3 Å². The van der Waals surface area contributed by atoms with Crippen molar-refractivity contribution in [1.29, 1.82) is 0 Å². The Bertz CT molecular complexity index is 1730. The number of carbonyl (C=O) groups is 3. The van der Waals surface area contributed by atoms with Crippen LogP contribution in [-0.4, -0.2) is 76.3 Å². The van der Waals surface area contributed by atoms with E-state index in [-0.39, 0.29) is 24.0 Å². The maximum Gasteiger partial charge on any atom is 0.246 e. The summed E-state index contributed by atoms with van der Waals surface area (Å²) in [6.07, 6.45) is 4.57. The van der Waals surface area contributed by atoms with E-state index in [0.717, 1.165) is 22.0 Å². The van der Waals surface area contributed by atoms with Crippen LogP contribution in [0.15, 0.2) is 55.0 Å². The van der Waals surface area contributed by atoms with Crippen LogP contribution in [0.1, 0.15) is 46.1 Å². The number of anilines is 2. The number of rotatable bonds is 10. The van der Waals surface area contributed by atoms with Gasteiger partial charge in [0.1, 0.15) is 23.9 Å². The lowest BCUT2D eigenvalue weighted by Gasteiger charge is -2.36. The van der Waals surface area contributed by atoms with Gasteiger partial charge in [-0.2, -0.15) is 0 Å². The Hall–Kier alpha value is -4.64. The highest BCUT2D eigenvalue weighted by molar-refractivity contribution is 5.99. The number of likely N-dealkylation sites (N-methyl/N-ethyl adjacent to an activating group) is 1. The summed E-state index contributed by atoms with van der Waals surface area (Å²) in [7, 11) is 3.26. The number of hydrogen-bond donors (Lipinski definition) is 3. The molecule has 1 aliphatic heterocycles. The second kappa shape index (κ2) is 13.2. The van der Waals surface area contributed by atoms with Gasteiger partial charge in [-0.3, -0.25) is 19.4 Å². The van der Waals surface area contributed by atoms with Crippen molar-refractivity contribution in [1.82, 2.24) is 30.5 Å². The molecule has 3 heterocycles. The van der Waals surface area contributed by atoms with E-state index in [4.69, 9.17) is 4.74 Å². The molecule has 0 saturated carbocycles. The Morgan fingerprint density at radius 1 is 1.04 bits per heavy atom. The molecule has 2 aromatic heterocycles. The monoisotopic (exact) mass is 611 g/mol. The Kier molecular flexibility index (Phi) is 9.29. The number of fused-ring (bicyclic) bond motifs is 2. The number of nitrogens with one attached hydrogen (secondary N) is 3. The largest absolute Gasteiger partial charge is 0.496 e. The summed E-state index contributed by atoms with van der Waals surface area (Å²) < 4.78 is 5.69. The number of carbonyl (C=O) groups excluding carboxylic acids is 3. The molecule has 236 valence electrons. The maximum absolute atomic E-state index is 13.9. The number of ketones is 1. The molecule has 2 amide bonds. The van der Waals surface area contributed by atoms with Gasteiger partial charge in [0.05, 0.1) is 30.2 Å². The van der Waals surface area contributed by atoms with Crippen molar-refractivity contribution in [2.45, 2.75) is 65.1 Å². The lowest BCUT2D eigenvalue weighted by atomic mass is 9.85. The Morgan fingerprint density at radius 2 is 1.84 bits per heavy atom. The van der Waals surface area contributed by atoms with Crippen LogP contribution in [0.4, 0.5) is 11.5 Å². The molecule has 11 nitrogen and oxygen atoms in total. The van der Waals surface area contributed by atoms with E-state index in [1.54, 1.807) is 38.2 Å². The number of aromatic nitrogens is 3. The number of methoxy groups -OCH3 is 1. The van der Waals surface area contributed by atoms with Crippen molar-refractivity contribution in [3.63, 3.8) is 0 Å². The molecule has 0 radical (unpaired) electrons. The summed E-state index contributed by atoms with van der Waals surface area (Å²) in [5, 5.41) is 10.9. The third-order valence-electron chi connectivity index (χ3n) is 8.43. The van der Waals surface area contributed by atoms with Crippen LogP contribution < -0.4 is 20.7 Å². The fourth-order valence-electron chi connectivity index (χ4n) is 5.78. The van der Waals surface area contributed by atoms with Gasteiger partial charge < -0.3 is 25.6 Å². The summed E-state index contributed by atoms with van der Waals surface area (Å²) >= 11 is 0. The van der Waals surface area contributed by atoms with Gasteiger partial charge in [-0.05, 0) is 62.6 Å². The second-order valence-corrected chi connectivity index (χ2v) is 12.6. The van der Waals surface area contributed by atoms with Gasteiger partial charge in [-0.1, -0.05) is 26.8 Å². The number of pyridine rings is 1. The predicted molar refractivity (Wildman–Crippen MR) is 174 cm³/mol. The number of amides is 2. The first-order valence-corrected chi connectivity index (χ1v) is 15.2. The number of ether oxygens (including phenoxy) is 1. The summed E-state index contributed by atoms with van der Waals surface area (Å²) in [5.74, 6) is 0.522. The first-order chi connectivity index (χ1) is 21.5. The summed E-state index contributed by atoms with van der Waals surface area (Å²) in [6, 6.07) is 11.6. The molecule has 1 aliphatic rings. The highest BCUT2D eigenvalue weighted by atomic mass is 16.5. The normalized spacial score (nSPS) is 16.4. The zero-order chi connectivity index (χ0) is 32.3. The van der Waals surface area contributed by atoms with Gasteiger partial charge >= 0.3 is 0 Å². The number of likely N-dealkylation sites (tertiary alicyclic amines) is 1. The third kappa shape index (κ3) is 6.73. The highest BCUT2D eigenvalue weighted by Gasteiger charge is 2.42. The average Bonchev–Trinajstić information content (AvgIpc) is 3.53. The van der Waals surface area contributed by atoms with Crippen LogP contribution in [0.2, 0.25) is 0 Å². The molecule has 45 heavy (non-hydrogen) atoms. The molecular weight excluding hydrogens is 570 g/mol. The molecular formula is C34H41N7O4. The van der Waals surface area contributed by atoms with Crippen LogP contribution in [0.3, 0.4) is 0 Å². The average molecular weight is 612 g/mol. The standard InChI is InChI=1S/C34H41N7O4/c1-20(35-5)32(43)40-30(34(2,3)4)33(44)41-15-9-13-27(41)28(42)17-21-16-23-26(18-29(21)45-6)37-19-38-31(23)39-25-12-7-11-24-22(25)10-8-14-36-24/h7-8,10-12,14,16,18-20,27,30,35H,9,13,15,17H2,1-6H3,(H,40,43)(H,37,38,39)/t20-,27-,30+/m0/s1. The molecule has 1 fully saturated rings. The molecule has 2 aromatic carbocycles. The topological polar surface area (TPSA) is 138 Å². The number of nitrogens with zero attached hydrogens (tertiary/aromatic N) is 4. The van der Waals surface area contributed by atoms with E-state index >= 15 is 0 Å². The second-order valence-electron chi connectivity index (χ2n) is 12.6. The Morgan fingerprint density at radius 3 is 2.58 bits per heavy atom. The molecule has 1 saturated heterocycles. The summed E-state index contributed by atoms with van der Waals surface area (Å²) in [4.78, 5) is 55.6. The van der Waals surface area contributed by atoms with Crippen LogP contribution >= 0.6 is 0 Å². The molecule has 4 aromatic rings. The zero-order valence-electron chi connectivity index (χ0n) is 26.7. The van der Waals surface area contributed by atoms with Crippen LogP contribution in [0, 0.1) is 5.41 Å². The highest BCUT2D eigenvalue weighted by Crippen LogP contribution is 2.33. The van der Waals surface area contributed by atoms with E-state index < -0.39 is 23.5 Å². The molecule has 0 unspecified atom stereocenters. The summed E-state index contributed by atoms with van der Waals surface area (Å²) in [5.41, 5.74) is 2.49. The first kappa shape index (κ1) is 31.8. The fourth-order valence-corrected chi connectivity index (χ4v) is 5.78. The predicted octanol–water partition coefficient (Wildman–Crippen LogP) is 4.17. The van der Waals surface area contributed by atoms with Crippen molar-refractivity contribution in [3.05, 3.63) is 60.6 Å². The van der Waals surface area contributed by atoms with Crippen LogP contribution in [-0.2, 0) is 20.8 Å². The molecule has 3 atom stereocenters. The molecule has 3 N–H and O–H groups in total. The lowest BCUT2D eigenvalue weighted by molar-refractivity contribution is -0.143. The van der Waals surface area contributed by atoms with Crippen LogP contribution in [0.5, 0.6) is 5.75 Å². The van der Waals surface area contributed by atoms with Crippen molar-refractivity contribution in [2.75, 3.05) is 26.0 Å². The molecule has 11 heteroatoms. The SMILES string of the molecule is CN[C@@H](C)C(=O)N[C@H](C(=O)N1CCC[C@H]1C(=O)Cc1cc2c(Nc3cccc4ncccc34)ncnc2cc1OC)C(C)(C)C. The minimum atomic E-state index is -0.778. The first-order valence-electron chi connectivity index (χ1n) is 15.2. The molecule has 0 spiro atoms. The Balaban J connectivity index is 1.42. The Labute approximate surface area is 263 Å². The zero-order valence-corrected chi connectivity index (χ0v) is 26.7. The van der Waals surface area contributed by atoms with Gasteiger partial charge in [0.15, 0.2) is 5.78 Å². The number of Topliss-reactive ketones (excluding diaryl/α,β-unsaturated/α-hetero) is 1. The molecule has 5 rings (SSSR count). The van der Waals surface area contributed by atoms with E-state index in [1.165, 1.54) is 6.33 Å². The van der Waals surface area contributed by atoms with E-state index in [1.807, 2.05) is 57.2 Å². The smallest absolute Gasteiger partial charge is 0.246 e. The quantitative estimate of drug-likeness (QED) is 0.241. The van der Waals surface area contributed by atoms with Crippen molar-refractivity contribution in [3.8, 4) is 5.75 Å². The van der Waals surface area contributed by atoms with Gasteiger partial charge in [-0.15, -0.1) is 0 Å². The maximum atomic E-state index is 13.9. The molecule has 0 aliphatic carbocycles. The minimum absolute atomic E-state index is 0.0589. The van der Waals surface area contributed by atoms with Gasteiger partial charge in [0.2, 0.25) is 11.8 Å². The van der Waals surface area contributed by atoms with E-state index in [0.29, 0.717) is 42.0 Å². The van der Waals surface area contributed by atoms with E-state index in [2.05, 4.69) is 30.9 Å². The van der Waals surface area contributed by atoms with Crippen molar-refractivity contribution >= 4 is 50.9 Å². The van der Waals surface area contributed by atoms with Gasteiger partial charge in [0.25, 0.3) is 0 Å². The minimum Gasteiger partial charge on any atom is -0.496 e.